The molecule has 1 aliphatic heterocycles. The van der Waals surface area contributed by atoms with Crippen molar-refractivity contribution in [3.63, 3.8) is 0 Å². The number of alkyl halides is 1. The van der Waals surface area contributed by atoms with Crippen LogP contribution in [0.3, 0.4) is 0 Å². The summed E-state index contributed by atoms with van der Waals surface area (Å²) < 4.78 is 27.2. The maximum Gasteiger partial charge on any atom is 0.304 e. The van der Waals surface area contributed by atoms with Crippen molar-refractivity contribution in [2.45, 2.75) is 0 Å². The zero-order valence-corrected chi connectivity index (χ0v) is 13.0. The van der Waals surface area contributed by atoms with E-state index in [0.717, 1.165) is 4.31 Å². The minimum absolute atomic E-state index is 0.0842. The number of amides is 2. The van der Waals surface area contributed by atoms with Gasteiger partial charge in [0.25, 0.3) is 0 Å². The molecule has 0 spiro atoms. The van der Waals surface area contributed by atoms with Crippen molar-refractivity contribution in [3.05, 3.63) is 24.3 Å². The number of hydrogen-bond donors (Lipinski definition) is 1. The lowest BCUT2D eigenvalue weighted by Gasteiger charge is -2.33. The van der Waals surface area contributed by atoms with Crippen LogP contribution in [-0.2, 0) is 15.0 Å². The maximum absolute atomic E-state index is 12.1. The Hall–Kier alpha value is -1.78. The number of hydrogen-bond acceptors (Lipinski definition) is 6. The SMILES string of the molecule is O=C(NS(=O)(=O)N1CCN(C(=O)CCl)CC1)c1ncccn1. The van der Waals surface area contributed by atoms with E-state index in [2.05, 4.69) is 9.97 Å². The van der Waals surface area contributed by atoms with Gasteiger partial charge in [0.05, 0.1) is 0 Å². The van der Waals surface area contributed by atoms with Crippen LogP contribution in [-0.4, -0.2) is 71.5 Å². The number of carbonyl (C=O) groups is 2. The molecule has 0 unspecified atom stereocenters. The van der Waals surface area contributed by atoms with Crippen LogP contribution in [0.15, 0.2) is 18.5 Å². The fraction of sp³-hybridized carbons (Fsp3) is 0.455. The Kier molecular flexibility index (Phi) is 5.27. The summed E-state index contributed by atoms with van der Waals surface area (Å²) in [4.78, 5) is 32.1. The number of rotatable bonds is 4. The summed E-state index contributed by atoms with van der Waals surface area (Å²) in [5, 5.41) is 0. The van der Waals surface area contributed by atoms with Gasteiger partial charge in [-0.1, -0.05) is 0 Å². The van der Waals surface area contributed by atoms with E-state index in [1.54, 1.807) is 0 Å². The molecule has 0 aliphatic carbocycles. The summed E-state index contributed by atoms with van der Waals surface area (Å²) in [6, 6.07) is 1.51. The van der Waals surface area contributed by atoms with E-state index < -0.39 is 16.1 Å². The van der Waals surface area contributed by atoms with Crippen LogP contribution in [0.25, 0.3) is 0 Å². The van der Waals surface area contributed by atoms with E-state index in [1.807, 2.05) is 4.72 Å². The molecule has 1 aromatic heterocycles. The third-order valence-corrected chi connectivity index (χ3v) is 4.75. The summed E-state index contributed by atoms with van der Waals surface area (Å²) in [6.45, 7) is 0.618. The van der Waals surface area contributed by atoms with Gasteiger partial charge in [0.1, 0.15) is 5.88 Å². The van der Waals surface area contributed by atoms with Gasteiger partial charge in [-0.05, 0) is 6.07 Å². The second-order valence-corrected chi connectivity index (χ2v) is 6.36. The highest BCUT2D eigenvalue weighted by Crippen LogP contribution is 2.07. The molecule has 9 nitrogen and oxygen atoms in total. The van der Waals surface area contributed by atoms with Crippen molar-refractivity contribution in [1.82, 2.24) is 23.9 Å². The van der Waals surface area contributed by atoms with Gasteiger partial charge in [-0.3, -0.25) is 9.59 Å². The molecule has 22 heavy (non-hydrogen) atoms. The van der Waals surface area contributed by atoms with Gasteiger partial charge in [0, 0.05) is 38.6 Å². The molecule has 0 bridgehead atoms. The van der Waals surface area contributed by atoms with Gasteiger partial charge in [0.15, 0.2) is 0 Å². The van der Waals surface area contributed by atoms with Gasteiger partial charge in [0.2, 0.25) is 11.7 Å². The summed E-state index contributed by atoms with van der Waals surface area (Å²) in [7, 11) is -4.00. The molecule has 1 aromatic rings. The van der Waals surface area contributed by atoms with Crippen molar-refractivity contribution >= 4 is 33.6 Å². The van der Waals surface area contributed by atoms with Crippen LogP contribution in [0, 0.1) is 0 Å². The van der Waals surface area contributed by atoms with Gasteiger partial charge in [-0.2, -0.15) is 12.7 Å². The number of nitrogens with zero attached hydrogens (tertiary/aromatic N) is 4. The minimum atomic E-state index is -4.00. The first kappa shape index (κ1) is 16.6. The quantitative estimate of drug-likeness (QED) is 0.687. The fourth-order valence-corrected chi connectivity index (χ4v) is 3.17. The average Bonchev–Trinajstić information content (AvgIpc) is 2.54. The largest absolute Gasteiger partial charge is 0.339 e. The molecule has 2 heterocycles. The lowest BCUT2D eigenvalue weighted by atomic mass is 10.3. The Bertz CT molecular complexity index is 646. The average molecular weight is 348 g/mol. The molecule has 1 fully saturated rings. The summed E-state index contributed by atoms with van der Waals surface area (Å²) >= 11 is 5.45. The number of nitrogens with one attached hydrogen (secondary N) is 1. The first-order valence-corrected chi connectivity index (χ1v) is 8.34. The number of aromatic nitrogens is 2. The lowest BCUT2D eigenvalue weighted by molar-refractivity contribution is -0.129. The normalized spacial score (nSPS) is 16.3. The van der Waals surface area contributed by atoms with Gasteiger partial charge in [-0.15, -0.1) is 11.6 Å². The highest BCUT2D eigenvalue weighted by Gasteiger charge is 2.30. The van der Waals surface area contributed by atoms with Crippen molar-refractivity contribution in [3.8, 4) is 0 Å². The Morgan fingerprint density at radius 1 is 1.18 bits per heavy atom. The third-order valence-electron chi connectivity index (χ3n) is 3.04. The minimum Gasteiger partial charge on any atom is -0.339 e. The van der Waals surface area contributed by atoms with Crippen molar-refractivity contribution < 1.29 is 18.0 Å². The molecule has 1 saturated heterocycles. The van der Waals surface area contributed by atoms with Crippen LogP contribution in [0.2, 0.25) is 0 Å². The number of halogens is 1. The first-order valence-electron chi connectivity index (χ1n) is 6.37. The van der Waals surface area contributed by atoms with E-state index in [9.17, 15) is 18.0 Å². The molecule has 120 valence electrons. The summed E-state index contributed by atoms with van der Waals surface area (Å²) in [5.74, 6) is -1.53. The van der Waals surface area contributed by atoms with Crippen molar-refractivity contribution in [2.75, 3.05) is 32.1 Å². The van der Waals surface area contributed by atoms with E-state index in [4.69, 9.17) is 11.6 Å². The van der Waals surface area contributed by atoms with Gasteiger partial charge in [-0.25, -0.2) is 14.7 Å². The van der Waals surface area contributed by atoms with Crippen LogP contribution in [0.5, 0.6) is 0 Å². The zero-order chi connectivity index (χ0) is 16.2. The Labute approximate surface area is 132 Å². The second-order valence-electron chi connectivity index (χ2n) is 4.42. The van der Waals surface area contributed by atoms with Crippen molar-refractivity contribution in [2.24, 2.45) is 0 Å². The van der Waals surface area contributed by atoms with Crippen LogP contribution in [0.1, 0.15) is 10.6 Å². The highest BCUT2D eigenvalue weighted by atomic mass is 35.5. The molecule has 0 radical (unpaired) electrons. The summed E-state index contributed by atoms with van der Waals surface area (Å²) in [5.41, 5.74) is 0. The molecular weight excluding hydrogens is 334 g/mol. The molecule has 0 saturated carbocycles. The standard InChI is InChI=1S/C11H14ClN5O4S/c12-8-9(18)16-4-6-17(7-5-16)22(20,21)15-11(19)10-13-2-1-3-14-10/h1-3H,4-8H2,(H,15,19). The van der Waals surface area contributed by atoms with E-state index in [0.29, 0.717) is 0 Å². The van der Waals surface area contributed by atoms with Crippen LogP contribution >= 0.6 is 11.6 Å². The predicted octanol–water partition coefficient (Wildman–Crippen LogP) is -1.17. The maximum atomic E-state index is 12.1. The topological polar surface area (TPSA) is 113 Å². The smallest absolute Gasteiger partial charge is 0.304 e. The molecule has 0 aromatic carbocycles. The molecule has 1 N–H and O–H groups in total. The van der Waals surface area contributed by atoms with E-state index in [1.165, 1.54) is 23.4 Å². The van der Waals surface area contributed by atoms with Crippen LogP contribution < -0.4 is 4.72 Å². The van der Waals surface area contributed by atoms with Gasteiger partial charge >= 0.3 is 16.1 Å². The highest BCUT2D eigenvalue weighted by molar-refractivity contribution is 7.87. The Balaban J connectivity index is 1.97. The summed E-state index contributed by atoms with van der Waals surface area (Å²) in [6.07, 6.45) is 2.68. The molecule has 11 heteroatoms. The predicted molar refractivity (Wildman–Crippen MR) is 77.3 cm³/mol. The Morgan fingerprint density at radius 2 is 1.77 bits per heavy atom. The van der Waals surface area contributed by atoms with Crippen LogP contribution in [0.4, 0.5) is 0 Å². The van der Waals surface area contributed by atoms with E-state index >= 15 is 0 Å². The molecule has 1 aliphatic rings. The first-order chi connectivity index (χ1) is 10.4. The lowest BCUT2D eigenvalue weighted by Crippen LogP contribution is -2.54. The monoisotopic (exact) mass is 347 g/mol. The zero-order valence-electron chi connectivity index (χ0n) is 11.5. The van der Waals surface area contributed by atoms with Crippen molar-refractivity contribution in [1.29, 1.82) is 0 Å². The second kappa shape index (κ2) is 6.99. The fourth-order valence-electron chi connectivity index (χ4n) is 1.91. The third kappa shape index (κ3) is 3.90. The number of carbonyl (C=O) groups excluding carboxylic acids is 2. The number of piperazine rings is 1. The molecule has 2 rings (SSSR count). The van der Waals surface area contributed by atoms with Gasteiger partial charge < -0.3 is 4.90 Å². The molecule has 0 atom stereocenters. The molecule has 2 amide bonds. The van der Waals surface area contributed by atoms with E-state index in [-0.39, 0.29) is 43.8 Å². The Morgan fingerprint density at radius 3 is 2.32 bits per heavy atom. The molecular formula is C11H14ClN5O4S.